The third-order valence-corrected chi connectivity index (χ3v) is 4.13. The highest BCUT2D eigenvalue weighted by Crippen LogP contribution is 2.19. The van der Waals surface area contributed by atoms with Crippen molar-refractivity contribution >= 4 is 11.8 Å². The Labute approximate surface area is 145 Å². The van der Waals surface area contributed by atoms with Crippen LogP contribution in [0.2, 0.25) is 0 Å². The van der Waals surface area contributed by atoms with Gasteiger partial charge in [-0.05, 0) is 13.8 Å². The molecule has 25 heavy (non-hydrogen) atoms. The van der Waals surface area contributed by atoms with Crippen molar-refractivity contribution in [2.45, 2.75) is 26.0 Å². The highest BCUT2D eigenvalue weighted by atomic mass is 16.5. The van der Waals surface area contributed by atoms with Crippen LogP contribution in [-0.2, 0) is 9.53 Å². The zero-order valence-corrected chi connectivity index (χ0v) is 14.3. The van der Waals surface area contributed by atoms with Crippen LogP contribution in [0.25, 0.3) is 11.3 Å². The lowest BCUT2D eigenvalue weighted by Gasteiger charge is -2.36. The molecule has 1 aromatic heterocycles. The topological polar surface area (TPSA) is 84.7 Å². The molecule has 1 fully saturated rings. The van der Waals surface area contributed by atoms with E-state index < -0.39 is 5.91 Å². The number of nitrogens with zero attached hydrogens (tertiary/aromatic N) is 2. The van der Waals surface area contributed by atoms with E-state index in [1.165, 1.54) is 0 Å². The van der Waals surface area contributed by atoms with E-state index in [-0.39, 0.29) is 30.3 Å². The Hall–Kier alpha value is -2.67. The maximum Gasteiger partial charge on any atom is 0.273 e. The van der Waals surface area contributed by atoms with Crippen LogP contribution in [-0.4, -0.2) is 53.7 Å². The average molecular weight is 343 g/mol. The van der Waals surface area contributed by atoms with E-state index >= 15 is 0 Å². The molecule has 2 atom stereocenters. The summed E-state index contributed by atoms with van der Waals surface area (Å²) in [5.41, 5.74) is 0.983. The van der Waals surface area contributed by atoms with Crippen LogP contribution in [0.1, 0.15) is 24.3 Å². The molecule has 2 amide bonds. The van der Waals surface area contributed by atoms with E-state index in [2.05, 4.69) is 10.5 Å². The molecule has 3 rings (SSSR count). The molecule has 0 bridgehead atoms. The molecule has 0 radical (unpaired) electrons. The number of morpholine rings is 1. The number of nitrogens with one attached hydrogen (secondary N) is 1. The van der Waals surface area contributed by atoms with Gasteiger partial charge in [-0.3, -0.25) is 9.59 Å². The summed E-state index contributed by atoms with van der Waals surface area (Å²) in [7, 11) is 0. The van der Waals surface area contributed by atoms with Gasteiger partial charge in [-0.15, -0.1) is 0 Å². The van der Waals surface area contributed by atoms with Gasteiger partial charge in [-0.2, -0.15) is 0 Å². The molecule has 1 aliphatic rings. The first kappa shape index (κ1) is 17.2. The Bertz CT molecular complexity index is 744. The molecular weight excluding hydrogens is 322 g/mol. The van der Waals surface area contributed by atoms with Gasteiger partial charge in [0.2, 0.25) is 5.91 Å². The molecule has 0 unspecified atom stereocenters. The Morgan fingerprint density at radius 2 is 2.04 bits per heavy atom. The minimum absolute atomic E-state index is 0.000164. The van der Waals surface area contributed by atoms with Crippen LogP contribution in [0.3, 0.4) is 0 Å². The number of aromatic nitrogens is 1. The van der Waals surface area contributed by atoms with Crippen LogP contribution >= 0.6 is 0 Å². The minimum atomic E-state index is -0.437. The molecule has 0 aliphatic carbocycles. The highest BCUT2D eigenvalue weighted by Gasteiger charge is 2.27. The fourth-order valence-electron chi connectivity index (χ4n) is 2.72. The number of carbonyl (C=O) groups excluding carboxylic acids is 2. The van der Waals surface area contributed by atoms with Gasteiger partial charge >= 0.3 is 0 Å². The van der Waals surface area contributed by atoms with E-state index in [0.717, 1.165) is 5.56 Å². The van der Waals surface area contributed by atoms with Crippen LogP contribution in [0, 0.1) is 0 Å². The summed E-state index contributed by atoms with van der Waals surface area (Å²) < 4.78 is 10.7. The first-order chi connectivity index (χ1) is 12.0. The monoisotopic (exact) mass is 343 g/mol. The SMILES string of the molecule is C[C@H]1CN(C(=O)CNC(=O)c2cc(-c3ccccc3)on2)[C@@H](C)CO1. The van der Waals surface area contributed by atoms with Gasteiger partial charge in [-0.1, -0.05) is 35.5 Å². The maximum absolute atomic E-state index is 12.3. The maximum atomic E-state index is 12.3. The second-order valence-corrected chi connectivity index (χ2v) is 6.16. The van der Waals surface area contributed by atoms with E-state index in [1.807, 2.05) is 44.2 Å². The number of hydrogen-bond acceptors (Lipinski definition) is 5. The summed E-state index contributed by atoms with van der Waals surface area (Å²) in [5.74, 6) is -0.0660. The van der Waals surface area contributed by atoms with Crippen molar-refractivity contribution in [1.82, 2.24) is 15.4 Å². The van der Waals surface area contributed by atoms with Gasteiger partial charge in [0.05, 0.1) is 25.3 Å². The first-order valence-corrected chi connectivity index (χ1v) is 8.26. The standard InChI is InChI=1S/C18H21N3O4/c1-12-11-24-13(2)10-21(12)17(22)9-19-18(23)15-8-16(25-20-15)14-6-4-3-5-7-14/h3-8,12-13H,9-11H2,1-2H3,(H,19,23)/t12-,13-/m0/s1. The molecule has 7 heteroatoms. The Kier molecular flexibility index (Phi) is 5.14. The number of amides is 2. The highest BCUT2D eigenvalue weighted by molar-refractivity contribution is 5.95. The fourth-order valence-corrected chi connectivity index (χ4v) is 2.72. The van der Waals surface area contributed by atoms with Gasteiger partial charge in [0, 0.05) is 18.2 Å². The van der Waals surface area contributed by atoms with Crippen molar-refractivity contribution < 1.29 is 18.8 Å². The molecule has 0 saturated carbocycles. The summed E-state index contributed by atoms with van der Waals surface area (Å²) in [6, 6.07) is 10.9. The molecule has 7 nitrogen and oxygen atoms in total. The Balaban J connectivity index is 1.58. The van der Waals surface area contributed by atoms with Crippen LogP contribution in [0.4, 0.5) is 0 Å². The van der Waals surface area contributed by atoms with E-state index in [4.69, 9.17) is 9.26 Å². The third-order valence-electron chi connectivity index (χ3n) is 4.13. The Morgan fingerprint density at radius 1 is 1.28 bits per heavy atom. The predicted molar refractivity (Wildman–Crippen MR) is 90.9 cm³/mol. The predicted octanol–water partition coefficient (Wildman–Crippen LogP) is 1.71. The van der Waals surface area contributed by atoms with Gasteiger partial charge in [0.1, 0.15) is 0 Å². The third kappa shape index (κ3) is 4.06. The lowest BCUT2D eigenvalue weighted by atomic mass is 10.1. The minimum Gasteiger partial charge on any atom is -0.375 e. The number of rotatable bonds is 4. The molecule has 0 spiro atoms. The second-order valence-electron chi connectivity index (χ2n) is 6.16. The van der Waals surface area contributed by atoms with E-state index in [9.17, 15) is 9.59 Å². The largest absolute Gasteiger partial charge is 0.375 e. The first-order valence-electron chi connectivity index (χ1n) is 8.26. The van der Waals surface area contributed by atoms with Crippen LogP contribution < -0.4 is 5.32 Å². The molecular formula is C18H21N3O4. The summed E-state index contributed by atoms with van der Waals surface area (Å²) in [5, 5.41) is 6.38. The van der Waals surface area contributed by atoms with Crippen molar-refractivity contribution in [2.24, 2.45) is 0 Å². The lowest BCUT2D eigenvalue weighted by molar-refractivity contribution is -0.142. The quantitative estimate of drug-likeness (QED) is 0.913. The molecule has 2 heterocycles. The lowest BCUT2D eigenvalue weighted by Crippen LogP contribution is -2.52. The number of ether oxygens (including phenoxy) is 1. The van der Waals surface area contributed by atoms with Gasteiger partial charge in [-0.25, -0.2) is 0 Å². The fraction of sp³-hybridized carbons (Fsp3) is 0.389. The molecule has 1 saturated heterocycles. The molecule has 132 valence electrons. The summed E-state index contributed by atoms with van der Waals surface area (Å²) in [4.78, 5) is 26.3. The van der Waals surface area contributed by atoms with Gasteiger partial charge in [0.25, 0.3) is 5.91 Å². The number of carbonyl (C=O) groups is 2. The summed E-state index contributed by atoms with van der Waals surface area (Å²) in [6.07, 6.45) is -0.000164. The van der Waals surface area contributed by atoms with Gasteiger partial charge in [0.15, 0.2) is 11.5 Å². The summed E-state index contributed by atoms with van der Waals surface area (Å²) in [6.45, 7) is 4.80. The summed E-state index contributed by atoms with van der Waals surface area (Å²) >= 11 is 0. The molecule has 2 aromatic rings. The normalized spacial score (nSPS) is 20.3. The van der Waals surface area contributed by atoms with Crippen molar-refractivity contribution in [3.8, 4) is 11.3 Å². The van der Waals surface area contributed by atoms with Crippen molar-refractivity contribution in [1.29, 1.82) is 0 Å². The Morgan fingerprint density at radius 3 is 2.80 bits per heavy atom. The van der Waals surface area contributed by atoms with E-state index in [1.54, 1.807) is 11.0 Å². The van der Waals surface area contributed by atoms with Crippen LogP contribution in [0.15, 0.2) is 40.9 Å². The zero-order chi connectivity index (χ0) is 17.8. The smallest absolute Gasteiger partial charge is 0.273 e. The molecule has 1 aliphatic heterocycles. The van der Waals surface area contributed by atoms with Crippen molar-refractivity contribution in [3.05, 3.63) is 42.1 Å². The van der Waals surface area contributed by atoms with Gasteiger partial charge < -0.3 is 19.5 Å². The van der Waals surface area contributed by atoms with E-state index in [0.29, 0.717) is 18.9 Å². The molecule has 1 aromatic carbocycles. The number of hydrogen-bond donors (Lipinski definition) is 1. The van der Waals surface area contributed by atoms with Crippen molar-refractivity contribution in [3.63, 3.8) is 0 Å². The van der Waals surface area contributed by atoms with Crippen LogP contribution in [0.5, 0.6) is 0 Å². The number of benzene rings is 1. The molecule has 1 N–H and O–H groups in total. The van der Waals surface area contributed by atoms with Crippen molar-refractivity contribution in [2.75, 3.05) is 19.7 Å². The second kappa shape index (κ2) is 7.48. The average Bonchev–Trinajstić information content (AvgIpc) is 3.12. The zero-order valence-electron chi connectivity index (χ0n) is 14.3.